The number of carbonyl (C=O) groups is 1. The highest BCUT2D eigenvalue weighted by molar-refractivity contribution is 7.92. The van der Waals surface area contributed by atoms with Gasteiger partial charge in [0, 0.05) is 11.1 Å². The second kappa shape index (κ2) is 6.39. The summed E-state index contributed by atoms with van der Waals surface area (Å²) in [4.78, 5) is 11.7. The van der Waals surface area contributed by atoms with Crippen LogP contribution in [0, 0.1) is 0 Å². The van der Waals surface area contributed by atoms with Gasteiger partial charge in [0.05, 0.1) is 12.0 Å². The molecule has 1 rings (SSSR count). The second-order valence-corrected chi connectivity index (χ2v) is 10.3. The molecular formula is C18H28O5S. The van der Waals surface area contributed by atoms with Gasteiger partial charge in [-0.3, -0.25) is 4.79 Å². The molecule has 0 saturated carbocycles. The molecule has 1 aromatic carbocycles. The molecule has 1 N–H and O–H groups in total. The van der Waals surface area contributed by atoms with Gasteiger partial charge >= 0.3 is 5.97 Å². The Morgan fingerprint density at radius 2 is 1.42 bits per heavy atom. The molecule has 1 atom stereocenters. The van der Waals surface area contributed by atoms with Gasteiger partial charge < -0.3 is 9.84 Å². The molecule has 0 fully saturated rings. The van der Waals surface area contributed by atoms with E-state index in [-0.39, 0.29) is 10.6 Å². The van der Waals surface area contributed by atoms with E-state index >= 15 is 0 Å². The Labute approximate surface area is 145 Å². The number of ether oxygens (including phenoxy) is 1. The Hall–Kier alpha value is -1.56. The number of hydrogen-bond donors (Lipinski definition) is 1. The average Bonchev–Trinajstić information content (AvgIpc) is 2.42. The Kier molecular flexibility index (Phi) is 5.45. The number of rotatable bonds is 3. The third-order valence-electron chi connectivity index (χ3n) is 4.03. The van der Waals surface area contributed by atoms with Crippen LogP contribution in [-0.4, -0.2) is 31.9 Å². The maximum atomic E-state index is 12.8. The molecule has 0 aliphatic carbocycles. The van der Waals surface area contributed by atoms with Gasteiger partial charge in [-0.25, -0.2) is 8.42 Å². The van der Waals surface area contributed by atoms with Gasteiger partial charge in [0.2, 0.25) is 0 Å². The zero-order chi connectivity index (χ0) is 19.1. The predicted octanol–water partition coefficient (Wildman–Crippen LogP) is 3.32. The van der Waals surface area contributed by atoms with E-state index in [1.165, 1.54) is 19.1 Å². The summed E-state index contributed by atoms with van der Waals surface area (Å²) in [5.41, 5.74) is 0.157. The van der Waals surface area contributed by atoms with Crippen molar-refractivity contribution in [2.75, 3.05) is 7.11 Å². The van der Waals surface area contributed by atoms with Crippen LogP contribution in [-0.2, 0) is 30.2 Å². The summed E-state index contributed by atoms with van der Waals surface area (Å²) in [6.07, 6.45) is 0. The predicted molar refractivity (Wildman–Crippen MR) is 94.2 cm³/mol. The number of benzene rings is 1. The smallest absolute Gasteiger partial charge is 0.324 e. The van der Waals surface area contributed by atoms with E-state index in [1.54, 1.807) is 0 Å². The molecule has 0 saturated heterocycles. The Bertz CT molecular complexity index is 699. The first kappa shape index (κ1) is 20.5. The van der Waals surface area contributed by atoms with Crippen molar-refractivity contribution >= 4 is 15.8 Å². The average molecular weight is 356 g/mol. The number of carbonyl (C=O) groups excluding carboxylic acids is 1. The van der Waals surface area contributed by atoms with Crippen molar-refractivity contribution in [3.63, 3.8) is 0 Å². The third kappa shape index (κ3) is 3.91. The van der Waals surface area contributed by atoms with Crippen LogP contribution < -0.4 is 0 Å². The first-order valence-corrected chi connectivity index (χ1v) is 9.38. The molecule has 1 aromatic rings. The van der Waals surface area contributed by atoms with Crippen LogP contribution in [0.5, 0.6) is 5.75 Å². The number of hydrogen-bond acceptors (Lipinski definition) is 5. The van der Waals surface area contributed by atoms with E-state index in [0.29, 0.717) is 11.1 Å². The molecule has 136 valence electrons. The van der Waals surface area contributed by atoms with Crippen LogP contribution in [0.2, 0.25) is 0 Å². The van der Waals surface area contributed by atoms with Gasteiger partial charge in [-0.2, -0.15) is 0 Å². The molecule has 0 aliphatic heterocycles. The minimum absolute atomic E-state index is 0.0213. The quantitative estimate of drug-likeness (QED) is 0.840. The molecule has 24 heavy (non-hydrogen) atoms. The highest BCUT2D eigenvalue weighted by Crippen LogP contribution is 2.41. The summed E-state index contributed by atoms with van der Waals surface area (Å²) in [5, 5.41) is 9.35. The van der Waals surface area contributed by atoms with Crippen LogP contribution in [0.15, 0.2) is 17.0 Å². The van der Waals surface area contributed by atoms with Crippen LogP contribution in [0.4, 0.5) is 0 Å². The molecule has 0 spiro atoms. The van der Waals surface area contributed by atoms with Crippen molar-refractivity contribution in [2.24, 2.45) is 0 Å². The van der Waals surface area contributed by atoms with E-state index in [2.05, 4.69) is 4.74 Å². The minimum Gasteiger partial charge on any atom is -0.507 e. The largest absolute Gasteiger partial charge is 0.507 e. The maximum absolute atomic E-state index is 12.8. The molecule has 0 radical (unpaired) electrons. The van der Waals surface area contributed by atoms with Gasteiger partial charge in [-0.1, -0.05) is 41.5 Å². The Morgan fingerprint density at radius 3 is 1.71 bits per heavy atom. The molecular weight excluding hydrogens is 328 g/mol. The zero-order valence-electron chi connectivity index (χ0n) is 15.7. The first-order valence-electron chi connectivity index (χ1n) is 7.83. The lowest BCUT2D eigenvalue weighted by Crippen LogP contribution is -2.29. The molecule has 0 aliphatic rings. The van der Waals surface area contributed by atoms with E-state index in [9.17, 15) is 18.3 Å². The zero-order valence-corrected chi connectivity index (χ0v) is 16.5. The number of sulfone groups is 1. The van der Waals surface area contributed by atoms with Crippen molar-refractivity contribution in [2.45, 2.75) is 69.4 Å². The Balaban J connectivity index is 3.76. The first-order chi connectivity index (χ1) is 10.6. The molecule has 1 unspecified atom stereocenters. The van der Waals surface area contributed by atoms with Crippen molar-refractivity contribution < 1.29 is 23.1 Å². The fourth-order valence-corrected chi connectivity index (χ4v) is 3.73. The van der Waals surface area contributed by atoms with Crippen LogP contribution in [0.25, 0.3) is 0 Å². The Morgan fingerprint density at radius 1 is 1.04 bits per heavy atom. The summed E-state index contributed by atoms with van der Waals surface area (Å²) in [6, 6.07) is 2.92. The van der Waals surface area contributed by atoms with Gasteiger partial charge in [-0.15, -0.1) is 0 Å². The van der Waals surface area contributed by atoms with Crippen molar-refractivity contribution in [3.8, 4) is 5.75 Å². The monoisotopic (exact) mass is 356 g/mol. The minimum atomic E-state index is -3.92. The molecule has 6 heteroatoms. The summed E-state index contributed by atoms with van der Waals surface area (Å²) in [7, 11) is -2.76. The van der Waals surface area contributed by atoms with Gasteiger partial charge in [0.1, 0.15) is 5.75 Å². The van der Waals surface area contributed by atoms with E-state index in [4.69, 9.17) is 0 Å². The standard InChI is InChI=1S/C18H28O5S/c1-11(16(20)23-8)24(21,22)12-9-13(17(2,3)4)15(19)14(10-12)18(5,6)7/h9-11,19H,1-8H3. The van der Waals surface area contributed by atoms with Crippen LogP contribution in [0.1, 0.15) is 59.6 Å². The number of esters is 1. The number of phenolic OH excluding ortho intramolecular Hbond substituents is 1. The summed E-state index contributed by atoms with van der Waals surface area (Å²) >= 11 is 0. The second-order valence-electron chi connectivity index (χ2n) is 8.08. The van der Waals surface area contributed by atoms with E-state index < -0.39 is 31.9 Å². The summed E-state index contributed by atoms with van der Waals surface area (Å²) in [6.45, 7) is 12.7. The van der Waals surface area contributed by atoms with Crippen molar-refractivity contribution in [1.82, 2.24) is 0 Å². The lowest BCUT2D eigenvalue weighted by atomic mass is 9.79. The fourth-order valence-electron chi connectivity index (χ4n) is 2.41. The highest BCUT2D eigenvalue weighted by atomic mass is 32.2. The van der Waals surface area contributed by atoms with Gasteiger partial charge in [0.15, 0.2) is 15.1 Å². The maximum Gasteiger partial charge on any atom is 0.324 e. The number of aromatic hydroxyl groups is 1. The van der Waals surface area contributed by atoms with Crippen molar-refractivity contribution in [1.29, 1.82) is 0 Å². The van der Waals surface area contributed by atoms with Gasteiger partial charge in [-0.05, 0) is 29.9 Å². The normalized spacial score (nSPS) is 14.3. The van der Waals surface area contributed by atoms with E-state index in [0.717, 1.165) is 7.11 Å². The van der Waals surface area contributed by atoms with Crippen molar-refractivity contribution in [3.05, 3.63) is 23.3 Å². The molecule has 0 bridgehead atoms. The summed E-state index contributed by atoms with van der Waals surface area (Å²) in [5.74, 6) is -0.711. The molecule has 0 amide bonds. The van der Waals surface area contributed by atoms with Crippen LogP contribution >= 0.6 is 0 Å². The topological polar surface area (TPSA) is 80.7 Å². The number of methoxy groups -OCH3 is 1. The van der Waals surface area contributed by atoms with Gasteiger partial charge in [0.25, 0.3) is 0 Å². The lowest BCUT2D eigenvalue weighted by molar-refractivity contribution is -0.139. The highest BCUT2D eigenvalue weighted by Gasteiger charge is 2.34. The fraction of sp³-hybridized carbons (Fsp3) is 0.611. The van der Waals surface area contributed by atoms with Crippen LogP contribution in [0.3, 0.4) is 0 Å². The molecule has 0 aromatic heterocycles. The molecule has 5 nitrogen and oxygen atoms in total. The lowest BCUT2D eigenvalue weighted by Gasteiger charge is -2.28. The molecule has 0 heterocycles. The van der Waals surface area contributed by atoms with E-state index in [1.807, 2.05) is 41.5 Å². The third-order valence-corrected chi connectivity index (χ3v) is 6.04. The summed E-state index contributed by atoms with van der Waals surface area (Å²) < 4.78 is 30.2. The number of phenols is 1. The SMILES string of the molecule is COC(=O)C(C)S(=O)(=O)c1cc(C(C)(C)C)c(O)c(C(C)(C)C)c1.